The van der Waals surface area contributed by atoms with Gasteiger partial charge in [0.25, 0.3) is 0 Å². The summed E-state index contributed by atoms with van der Waals surface area (Å²) >= 11 is 0. The Labute approximate surface area is 109 Å². The average Bonchev–Trinajstić information content (AvgIpc) is 2.49. The number of amides is 1. The monoisotopic (exact) mass is 247 g/mol. The summed E-state index contributed by atoms with van der Waals surface area (Å²) in [5.74, 6) is 0.371. The van der Waals surface area contributed by atoms with Gasteiger partial charge in [-0.3, -0.25) is 4.90 Å². The number of hydrogen-bond donors (Lipinski definition) is 0. The molecular formula is C15H21NO2. The summed E-state index contributed by atoms with van der Waals surface area (Å²) in [6, 6.07) is 10.2. The molecule has 0 radical (unpaired) electrons. The van der Waals surface area contributed by atoms with E-state index in [4.69, 9.17) is 4.74 Å². The molecule has 1 aliphatic rings. The van der Waals surface area contributed by atoms with Crippen molar-refractivity contribution < 1.29 is 9.53 Å². The van der Waals surface area contributed by atoms with Crippen molar-refractivity contribution in [3.05, 3.63) is 35.9 Å². The smallest absolute Gasteiger partial charge is 0.411 e. The van der Waals surface area contributed by atoms with Crippen LogP contribution in [-0.4, -0.2) is 22.6 Å². The molecule has 1 fully saturated rings. The number of carbonyl (C=O) groups is 1. The van der Waals surface area contributed by atoms with E-state index in [0.29, 0.717) is 12.5 Å². The number of benzene rings is 1. The lowest BCUT2D eigenvalue weighted by Crippen LogP contribution is -2.44. The Morgan fingerprint density at radius 2 is 1.89 bits per heavy atom. The fourth-order valence-electron chi connectivity index (χ4n) is 2.94. The highest BCUT2D eigenvalue weighted by Gasteiger charge is 2.48. The molecular weight excluding hydrogens is 226 g/mol. The maximum absolute atomic E-state index is 12.0. The minimum Gasteiger partial charge on any atom is -0.441 e. The number of ether oxygens (including phenoxy) is 1. The molecule has 1 atom stereocenters. The molecule has 0 unspecified atom stereocenters. The Kier molecular flexibility index (Phi) is 3.33. The molecule has 1 aromatic rings. The molecule has 3 nitrogen and oxygen atoms in total. The Hall–Kier alpha value is -1.51. The third-order valence-corrected chi connectivity index (χ3v) is 3.46. The molecule has 0 aliphatic carbocycles. The minimum absolute atomic E-state index is 0.116. The number of cyclic esters (lactones) is 1. The van der Waals surface area contributed by atoms with Crippen molar-refractivity contribution in [2.75, 3.05) is 0 Å². The van der Waals surface area contributed by atoms with E-state index in [1.54, 1.807) is 0 Å². The lowest BCUT2D eigenvalue weighted by molar-refractivity contribution is 0.0549. The highest BCUT2D eigenvalue weighted by Crippen LogP contribution is 2.34. The highest BCUT2D eigenvalue weighted by molar-refractivity contribution is 5.71. The molecule has 0 bridgehead atoms. The standard InChI is InChI=1S/C15H21NO2/c1-11(2)13-15(3,4)18-14(17)16(13)10-12-8-6-5-7-9-12/h5-9,11,13H,10H2,1-4H3/t13-/m1/s1. The van der Waals surface area contributed by atoms with Gasteiger partial charge in [0.2, 0.25) is 0 Å². The molecule has 1 amide bonds. The zero-order valence-electron chi connectivity index (χ0n) is 11.5. The first kappa shape index (κ1) is 12.9. The minimum atomic E-state index is -0.417. The molecule has 0 spiro atoms. The topological polar surface area (TPSA) is 29.5 Å². The van der Waals surface area contributed by atoms with E-state index in [1.807, 2.05) is 49.1 Å². The first-order valence-electron chi connectivity index (χ1n) is 6.45. The summed E-state index contributed by atoms with van der Waals surface area (Å²) in [5, 5.41) is 0. The van der Waals surface area contributed by atoms with E-state index in [2.05, 4.69) is 13.8 Å². The van der Waals surface area contributed by atoms with E-state index in [1.165, 1.54) is 0 Å². The third kappa shape index (κ3) is 2.35. The van der Waals surface area contributed by atoms with Crippen molar-refractivity contribution in [1.82, 2.24) is 4.90 Å². The van der Waals surface area contributed by atoms with Crippen LogP contribution < -0.4 is 0 Å². The Bertz CT molecular complexity index is 425. The van der Waals surface area contributed by atoms with Crippen LogP contribution in [0.15, 0.2) is 30.3 Å². The zero-order valence-corrected chi connectivity index (χ0v) is 11.5. The van der Waals surface area contributed by atoms with Crippen LogP contribution in [-0.2, 0) is 11.3 Å². The number of carbonyl (C=O) groups excluding carboxylic acids is 1. The van der Waals surface area contributed by atoms with Crippen molar-refractivity contribution in [3.63, 3.8) is 0 Å². The van der Waals surface area contributed by atoms with Gasteiger partial charge in [-0.05, 0) is 25.3 Å². The Morgan fingerprint density at radius 3 is 2.44 bits per heavy atom. The molecule has 2 rings (SSSR count). The van der Waals surface area contributed by atoms with Crippen molar-refractivity contribution in [2.45, 2.75) is 45.9 Å². The van der Waals surface area contributed by atoms with Crippen LogP contribution in [0.4, 0.5) is 4.79 Å². The first-order valence-corrected chi connectivity index (χ1v) is 6.45. The van der Waals surface area contributed by atoms with Gasteiger partial charge in [0, 0.05) is 6.54 Å². The third-order valence-electron chi connectivity index (χ3n) is 3.46. The number of hydrogen-bond acceptors (Lipinski definition) is 2. The van der Waals surface area contributed by atoms with Crippen LogP contribution in [0.3, 0.4) is 0 Å². The van der Waals surface area contributed by atoms with Crippen LogP contribution in [0.5, 0.6) is 0 Å². The largest absolute Gasteiger partial charge is 0.441 e. The summed E-state index contributed by atoms with van der Waals surface area (Å²) in [5.41, 5.74) is 0.720. The van der Waals surface area contributed by atoms with E-state index in [-0.39, 0.29) is 12.1 Å². The fourth-order valence-corrected chi connectivity index (χ4v) is 2.94. The van der Waals surface area contributed by atoms with E-state index < -0.39 is 5.60 Å². The molecule has 0 aromatic heterocycles. The number of rotatable bonds is 3. The van der Waals surface area contributed by atoms with E-state index in [0.717, 1.165) is 5.56 Å². The van der Waals surface area contributed by atoms with Crippen molar-refractivity contribution in [3.8, 4) is 0 Å². The molecule has 98 valence electrons. The lowest BCUT2D eigenvalue weighted by atomic mass is 9.89. The van der Waals surface area contributed by atoms with E-state index >= 15 is 0 Å². The molecule has 0 saturated carbocycles. The second-order valence-corrected chi connectivity index (χ2v) is 5.77. The van der Waals surface area contributed by atoms with Gasteiger partial charge in [0.15, 0.2) is 0 Å². The molecule has 3 heteroatoms. The van der Waals surface area contributed by atoms with E-state index in [9.17, 15) is 4.79 Å². The summed E-state index contributed by atoms with van der Waals surface area (Å²) in [4.78, 5) is 13.9. The average molecular weight is 247 g/mol. The second kappa shape index (κ2) is 4.63. The predicted molar refractivity (Wildman–Crippen MR) is 71.2 cm³/mol. The quantitative estimate of drug-likeness (QED) is 0.818. The van der Waals surface area contributed by atoms with Gasteiger partial charge in [0.05, 0.1) is 6.04 Å². The first-order chi connectivity index (χ1) is 8.42. The van der Waals surface area contributed by atoms with Gasteiger partial charge in [0.1, 0.15) is 5.60 Å². The van der Waals surface area contributed by atoms with Crippen molar-refractivity contribution in [2.24, 2.45) is 5.92 Å². The molecule has 1 aromatic carbocycles. The van der Waals surface area contributed by atoms with Crippen LogP contribution in [0.1, 0.15) is 33.3 Å². The van der Waals surface area contributed by atoms with Gasteiger partial charge in [-0.1, -0.05) is 44.2 Å². The summed E-state index contributed by atoms with van der Waals surface area (Å²) in [6.45, 7) is 8.85. The number of nitrogens with zero attached hydrogens (tertiary/aromatic N) is 1. The molecule has 1 heterocycles. The maximum atomic E-state index is 12.0. The predicted octanol–water partition coefficient (Wildman–Crippen LogP) is 3.44. The fraction of sp³-hybridized carbons (Fsp3) is 0.533. The molecule has 0 N–H and O–H groups in total. The van der Waals surface area contributed by atoms with Crippen molar-refractivity contribution >= 4 is 6.09 Å². The summed E-state index contributed by atoms with van der Waals surface area (Å²) in [7, 11) is 0. The van der Waals surface area contributed by atoms with Crippen LogP contribution in [0.2, 0.25) is 0 Å². The maximum Gasteiger partial charge on any atom is 0.411 e. The van der Waals surface area contributed by atoms with Gasteiger partial charge in [-0.25, -0.2) is 4.79 Å². The lowest BCUT2D eigenvalue weighted by Gasteiger charge is -2.32. The van der Waals surface area contributed by atoms with Crippen LogP contribution >= 0.6 is 0 Å². The molecule has 1 aliphatic heterocycles. The van der Waals surface area contributed by atoms with Gasteiger partial charge in [-0.15, -0.1) is 0 Å². The second-order valence-electron chi connectivity index (χ2n) is 5.77. The summed E-state index contributed by atoms with van der Waals surface area (Å²) in [6.07, 6.45) is -0.206. The van der Waals surface area contributed by atoms with Crippen LogP contribution in [0, 0.1) is 5.92 Å². The van der Waals surface area contributed by atoms with Gasteiger partial charge < -0.3 is 4.74 Å². The highest BCUT2D eigenvalue weighted by atomic mass is 16.6. The van der Waals surface area contributed by atoms with Gasteiger partial charge >= 0.3 is 6.09 Å². The zero-order chi connectivity index (χ0) is 13.3. The molecule has 18 heavy (non-hydrogen) atoms. The molecule has 1 saturated heterocycles. The Morgan fingerprint density at radius 1 is 1.28 bits per heavy atom. The summed E-state index contributed by atoms with van der Waals surface area (Å²) < 4.78 is 5.49. The van der Waals surface area contributed by atoms with Crippen molar-refractivity contribution in [1.29, 1.82) is 0 Å². The normalized spacial score (nSPS) is 22.4. The SMILES string of the molecule is CC(C)[C@H]1N(Cc2ccccc2)C(=O)OC1(C)C. The Balaban J connectivity index is 2.23. The van der Waals surface area contributed by atoms with Gasteiger partial charge in [-0.2, -0.15) is 0 Å². The van der Waals surface area contributed by atoms with Crippen LogP contribution in [0.25, 0.3) is 0 Å².